The van der Waals surface area contributed by atoms with Gasteiger partial charge in [0.05, 0.1) is 30.8 Å². The van der Waals surface area contributed by atoms with E-state index in [0.29, 0.717) is 16.3 Å². The molecule has 3 aromatic carbocycles. The molecule has 1 N–H and O–H groups in total. The van der Waals surface area contributed by atoms with Crippen molar-refractivity contribution in [2.24, 2.45) is 0 Å². The summed E-state index contributed by atoms with van der Waals surface area (Å²) in [7, 11) is 3.32. The molecular weight excluding hydrogens is 460 g/mol. The zero-order chi connectivity index (χ0) is 24.9. The summed E-state index contributed by atoms with van der Waals surface area (Å²) in [5.41, 5.74) is 5.36. The number of nitrogens with one attached hydrogen (secondary N) is 1. The molecule has 0 saturated heterocycles. The van der Waals surface area contributed by atoms with E-state index in [9.17, 15) is 4.79 Å². The molecule has 1 aliphatic rings. The number of halogens is 1. The summed E-state index contributed by atoms with van der Waals surface area (Å²) in [6.07, 6.45) is 1.66. The average Bonchev–Trinajstić information content (AvgIpc) is 2.86. The normalized spacial score (nSPS) is 16.3. The van der Waals surface area contributed by atoms with E-state index in [1.807, 2.05) is 12.1 Å². The number of ether oxygens (including phenoxy) is 2. The van der Waals surface area contributed by atoms with Crippen LogP contribution in [0, 0.1) is 6.92 Å². The zero-order valence-corrected chi connectivity index (χ0v) is 21.6. The second-order valence-electron chi connectivity index (χ2n) is 9.03. The highest BCUT2D eigenvalue weighted by atomic mass is 35.5. The quantitative estimate of drug-likeness (QED) is 0.420. The Balaban J connectivity index is 1.74. The number of nitrogens with zero attached hydrogens (tertiary/aromatic N) is 1. The van der Waals surface area contributed by atoms with E-state index in [2.05, 4.69) is 60.5 Å². The highest BCUT2D eigenvalue weighted by Crippen LogP contribution is 2.40. The topological polar surface area (TPSA) is 50.8 Å². The van der Waals surface area contributed by atoms with Crippen molar-refractivity contribution >= 4 is 17.5 Å². The van der Waals surface area contributed by atoms with Gasteiger partial charge in [-0.05, 0) is 60.7 Å². The summed E-state index contributed by atoms with van der Waals surface area (Å²) in [4.78, 5) is 15.7. The van der Waals surface area contributed by atoms with Crippen molar-refractivity contribution in [2.45, 2.75) is 45.3 Å². The largest absolute Gasteiger partial charge is 0.493 e. The Kier molecular flexibility index (Phi) is 7.99. The second kappa shape index (κ2) is 11.1. The van der Waals surface area contributed by atoms with E-state index in [-0.39, 0.29) is 18.0 Å². The zero-order valence-electron chi connectivity index (χ0n) is 20.8. The second-order valence-corrected chi connectivity index (χ2v) is 9.44. The number of rotatable bonds is 8. The molecule has 1 aliphatic heterocycles. The summed E-state index contributed by atoms with van der Waals surface area (Å²) in [6, 6.07) is 19.8. The van der Waals surface area contributed by atoms with Gasteiger partial charge in [-0.1, -0.05) is 60.5 Å². The van der Waals surface area contributed by atoms with Crippen LogP contribution in [0.5, 0.6) is 11.5 Å². The molecule has 0 spiro atoms. The van der Waals surface area contributed by atoms with Gasteiger partial charge in [0.1, 0.15) is 0 Å². The van der Waals surface area contributed by atoms with Gasteiger partial charge >= 0.3 is 0 Å². The Morgan fingerprint density at radius 2 is 1.83 bits per heavy atom. The van der Waals surface area contributed by atoms with Gasteiger partial charge in [0, 0.05) is 19.1 Å². The van der Waals surface area contributed by atoms with Crippen molar-refractivity contribution in [2.75, 3.05) is 20.8 Å². The highest BCUT2D eigenvalue weighted by molar-refractivity contribution is 6.33. The number of carbonyl (C=O) groups is 1. The van der Waals surface area contributed by atoms with Crippen LogP contribution in [0.25, 0.3) is 0 Å². The molecule has 0 bridgehead atoms. The van der Waals surface area contributed by atoms with Crippen molar-refractivity contribution in [3.63, 3.8) is 0 Å². The van der Waals surface area contributed by atoms with Gasteiger partial charge in [-0.25, -0.2) is 0 Å². The summed E-state index contributed by atoms with van der Waals surface area (Å²) >= 11 is 6.33. The molecule has 0 fully saturated rings. The van der Waals surface area contributed by atoms with Crippen molar-refractivity contribution in [3.05, 3.63) is 93.5 Å². The maximum Gasteiger partial charge on any atom is 0.253 e. The molecule has 4 rings (SSSR count). The molecule has 35 heavy (non-hydrogen) atoms. The molecule has 184 valence electrons. The summed E-state index contributed by atoms with van der Waals surface area (Å²) < 4.78 is 11.2. The minimum atomic E-state index is -0.162. The highest BCUT2D eigenvalue weighted by Gasteiger charge is 2.35. The molecule has 5 nitrogen and oxygen atoms in total. The van der Waals surface area contributed by atoms with Crippen LogP contribution in [0.15, 0.2) is 60.7 Å². The predicted molar refractivity (Wildman–Crippen MR) is 141 cm³/mol. The van der Waals surface area contributed by atoms with Gasteiger partial charge in [0.2, 0.25) is 0 Å². The third-order valence-corrected chi connectivity index (χ3v) is 7.08. The first kappa shape index (κ1) is 25.1. The van der Waals surface area contributed by atoms with Gasteiger partial charge in [-0.2, -0.15) is 0 Å². The van der Waals surface area contributed by atoms with Gasteiger partial charge in [0.25, 0.3) is 5.91 Å². The lowest BCUT2D eigenvalue weighted by atomic mass is 9.86. The number of carbonyl (C=O) groups excluding carboxylic acids is 1. The maximum atomic E-state index is 13.3. The van der Waals surface area contributed by atoms with E-state index in [0.717, 1.165) is 37.2 Å². The lowest BCUT2D eigenvalue weighted by Gasteiger charge is -2.42. The molecule has 2 atom stereocenters. The predicted octanol–water partition coefficient (Wildman–Crippen LogP) is 5.97. The fourth-order valence-electron chi connectivity index (χ4n) is 5.02. The Morgan fingerprint density at radius 3 is 2.51 bits per heavy atom. The summed E-state index contributed by atoms with van der Waals surface area (Å²) in [5, 5.41) is 3.74. The van der Waals surface area contributed by atoms with Crippen LogP contribution < -0.4 is 14.8 Å². The minimum Gasteiger partial charge on any atom is -0.493 e. The Labute approximate surface area is 213 Å². The van der Waals surface area contributed by atoms with Gasteiger partial charge in [-0.3, -0.25) is 9.69 Å². The van der Waals surface area contributed by atoms with Crippen LogP contribution in [0.2, 0.25) is 5.02 Å². The number of aryl methyl sites for hydroxylation is 1. The molecule has 3 aromatic rings. The van der Waals surface area contributed by atoms with E-state index in [1.54, 1.807) is 26.4 Å². The fraction of sp³-hybridized carbons (Fsp3) is 0.345. The van der Waals surface area contributed by atoms with Gasteiger partial charge in [-0.15, -0.1) is 0 Å². The van der Waals surface area contributed by atoms with Gasteiger partial charge in [0.15, 0.2) is 11.5 Å². The van der Waals surface area contributed by atoms with E-state index in [1.165, 1.54) is 16.7 Å². The van der Waals surface area contributed by atoms with Crippen molar-refractivity contribution < 1.29 is 14.3 Å². The van der Waals surface area contributed by atoms with Crippen LogP contribution in [0.4, 0.5) is 0 Å². The van der Waals surface area contributed by atoms with Crippen LogP contribution in [-0.4, -0.2) is 37.6 Å². The first-order valence-electron chi connectivity index (χ1n) is 12.0. The summed E-state index contributed by atoms with van der Waals surface area (Å²) in [6.45, 7) is 5.89. The third-order valence-electron chi connectivity index (χ3n) is 6.75. The molecule has 6 heteroatoms. The standard InChI is InChI=1S/C29H33ClN2O3/c1-5-25(31-29(33)22-11-6-7-12-24(22)30)28-23-17-27(35-4)26(34-3)16-21(23)13-14-32(28)18-20-10-8-9-19(2)15-20/h6-12,15-17,25,28H,5,13-14,18H2,1-4H3,(H,31,33). The number of hydrogen-bond donors (Lipinski definition) is 1. The Hall–Kier alpha value is -3.02. The van der Waals surface area contributed by atoms with Crippen molar-refractivity contribution in [3.8, 4) is 11.5 Å². The monoisotopic (exact) mass is 492 g/mol. The molecule has 0 radical (unpaired) electrons. The SMILES string of the molecule is CCC(NC(=O)c1ccccc1Cl)C1c2cc(OC)c(OC)cc2CCN1Cc1cccc(C)c1. The first-order chi connectivity index (χ1) is 16.9. The van der Waals surface area contributed by atoms with E-state index < -0.39 is 0 Å². The Morgan fingerprint density at radius 1 is 1.09 bits per heavy atom. The summed E-state index contributed by atoms with van der Waals surface area (Å²) in [5.74, 6) is 1.26. The van der Waals surface area contributed by atoms with Crippen molar-refractivity contribution in [1.29, 1.82) is 0 Å². The average molecular weight is 493 g/mol. The lowest BCUT2D eigenvalue weighted by Crippen LogP contribution is -2.48. The molecule has 2 unspecified atom stereocenters. The van der Waals surface area contributed by atoms with E-state index in [4.69, 9.17) is 21.1 Å². The fourth-order valence-corrected chi connectivity index (χ4v) is 5.24. The lowest BCUT2D eigenvalue weighted by molar-refractivity contribution is 0.0859. The van der Waals surface area contributed by atoms with Crippen molar-refractivity contribution in [1.82, 2.24) is 10.2 Å². The number of benzene rings is 3. The van der Waals surface area contributed by atoms with E-state index >= 15 is 0 Å². The number of fused-ring (bicyclic) bond motifs is 1. The van der Waals surface area contributed by atoms with Gasteiger partial charge < -0.3 is 14.8 Å². The third kappa shape index (κ3) is 5.47. The molecule has 0 saturated carbocycles. The molecular formula is C29H33ClN2O3. The van der Waals surface area contributed by atoms with Crippen LogP contribution in [0.1, 0.15) is 52.0 Å². The number of hydrogen-bond acceptors (Lipinski definition) is 4. The molecule has 0 aromatic heterocycles. The first-order valence-corrected chi connectivity index (χ1v) is 12.4. The van der Waals surface area contributed by atoms with Crippen LogP contribution in [-0.2, 0) is 13.0 Å². The Bertz CT molecular complexity index is 1200. The number of amides is 1. The van der Waals surface area contributed by atoms with Crippen LogP contribution in [0.3, 0.4) is 0 Å². The molecule has 1 amide bonds. The van der Waals surface area contributed by atoms with Crippen LogP contribution >= 0.6 is 11.6 Å². The minimum absolute atomic E-state index is 0.0319. The molecule has 1 heterocycles. The number of methoxy groups -OCH3 is 2. The molecule has 0 aliphatic carbocycles. The smallest absolute Gasteiger partial charge is 0.253 e. The maximum absolute atomic E-state index is 13.3.